The molecule has 3 saturated heterocycles. The van der Waals surface area contributed by atoms with Crippen molar-refractivity contribution in [1.29, 1.82) is 0 Å². The minimum atomic E-state index is -0.0389. The van der Waals surface area contributed by atoms with Gasteiger partial charge in [0.05, 0.1) is 0 Å². The highest BCUT2D eigenvalue weighted by Gasteiger charge is 2.34. The lowest BCUT2D eigenvalue weighted by Gasteiger charge is -2.44. The van der Waals surface area contributed by atoms with Crippen molar-refractivity contribution in [2.24, 2.45) is 5.92 Å². The number of nitrogens with one attached hydrogen (secondary N) is 1. The zero-order valence-electron chi connectivity index (χ0n) is 13.1. The molecule has 0 radical (unpaired) electrons. The van der Waals surface area contributed by atoms with E-state index in [1.807, 2.05) is 0 Å². The van der Waals surface area contributed by atoms with Gasteiger partial charge in [0, 0.05) is 18.2 Å². The Morgan fingerprint density at radius 3 is 2.62 bits per heavy atom. The molecule has 0 spiro atoms. The smallest absolute Gasteiger partial charge is 0.311 e. The number of carbonyl (C=O) groups is 1. The van der Waals surface area contributed by atoms with E-state index < -0.39 is 0 Å². The zero-order chi connectivity index (χ0) is 16.5. The Balaban J connectivity index is 1.38. The monoisotopic (exact) mass is 347 g/mol. The van der Waals surface area contributed by atoms with Crippen LogP contribution in [0.15, 0.2) is 34.9 Å². The van der Waals surface area contributed by atoms with Crippen LogP contribution in [0.25, 0.3) is 0 Å². The third kappa shape index (κ3) is 3.25. The van der Waals surface area contributed by atoms with Crippen LogP contribution in [-0.4, -0.2) is 41.5 Å². The summed E-state index contributed by atoms with van der Waals surface area (Å²) in [6, 6.07) is 7.19. The molecule has 1 N–H and O–H groups in total. The number of amides is 1. The Morgan fingerprint density at radius 2 is 2.04 bits per heavy atom. The number of rotatable bonds is 4. The molecule has 1 amide bonds. The van der Waals surface area contributed by atoms with Crippen molar-refractivity contribution in [2.45, 2.75) is 18.9 Å². The van der Waals surface area contributed by atoms with Gasteiger partial charge in [0.25, 0.3) is 11.3 Å². The first kappa shape index (κ1) is 15.5. The maximum atomic E-state index is 12.4. The average Bonchev–Trinajstić information content (AvgIpc) is 3.01. The van der Waals surface area contributed by atoms with Gasteiger partial charge in [0.2, 0.25) is 0 Å². The van der Waals surface area contributed by atoms with Crippen LogP contribution in [-0.2, 0) is 0 Å². The molecule has 6 nitrogen and oxygen atoms in total. The molecule has 1 aromatic heterocycles. The van der Waals surface area contributed by atoms with Gasteiger partial charge in [0.1, 0.15) is 11.9 Å². The topological polar surface area (TPSA) is 67.6 Å². The lowest BCUT2D eigenvalue weighted by Crippen LogP contribution is -2.57. The summed E-state index contributed by atoms with van der Waals surface area (Å²) in [7, 11) is 0. The van der Waals surface area contributed by atoms with Crippen LogP contribution in [0.3, 0.4) is 0 Å². The Hall–Kier alpha value is -2.05. The predicted molar refractivity (Wildman–Crippen MR) is 88.4 cm³/mol. The molecule has 5 rings (SSSR count). The molecule has 2 aromatic rings. The van der Waals surface area contributed by atoms with E-state index in [9.17, 15) is 4.79 Å². The summed E-state index contributed by atoms with van der Waals surface area (Å²) >= 11 is 5.60. The summed E-state index contributed by atoms with van der Waals surface area (Å²) in [6.45, 7) is 3.29. The highest BCUT2D eigenvalue weighted by Crippen LogP contribution is 2.28. The first-order chi connectivity index (χ1) is 11.7. The molecule has 0 saturated carbocycles. The largest absolute Gasteiger partial charge is 0.425 e. The van der Waals surface area contributed by atoms with Crippen molar-refractivity contribution >= 4 is 17.5 Å². The van der Waals surface area contributed by atoms with Gasteiger partial charge in [-0.3, -0.25) is 4.79 Å². The molecule has 2 bridgehead atoms. The van der Waals surface area contributed by atoms with Crippen molar-refractivity contribution in [2.75, 3.05) is 19.6 Å². The van der Waals surface area contributed by atoms with Crippen LogP contribution in [0, 0.1) is 5.92 Å². The fourth-order valence-electron chi connectivity index (χ4n) is 3.46. The number of piperidine rings is 3. The molecule has 4 heterocycles. The van der Waals surface area contributed by atoms with E-state index in [1.54, 1.807) is 24.3 Å². The highest BCUT2D eigenvalue weighted by molar-refractivity contribution is 6.27. The molecule has 126 valence electrons. The van der Waals surface area contributed by atoms with Crippen LogP contribution in [0.4, 0.5) is 0 Å². The molecule has 3 fully saturated rings. The molecule has 0 aliphatic carbocycles. The Labute approximate surface area is 144 Å². The van der Waals surface area contributed by atoms with E-state index in [2.05, 4.69) is 15.2 Å². The number of halogens is 1. The second-order valence-electron chi connectivity index (χ2n) is 6.28. The second kappa shape index (κ2) is 6.45. The number of ether oxygens (including phenoxy) is 1. The van der Waals surface area contributed by atoms with Crippen LogP contribution >= 0.6 is 11.6 Å². The minimum absolute atomic E-state index is 0.0264. The van der Waals surface area contributed by atoms with Gasteiger partial charge < -0.3 is 19.4 Å². The lowest BCUT2D eigenvalue weighted by molar-refractivity contribution is 0.0620. The minimum Gasteiger partial charge on any atom is -0.425 e. The van der Waals surface area contributed by atoms with Gasteiger partial charge in [0.15, 0.2) is 0 Å². The van der Waals surface area contributed by atoms with Crippen LogP contribution < -0.4 is 10.1 Å². The molecular weight excluding hydrogens is 330 g/mol. The maximum Gasteiger partial charge on any atom is 0.311 e. The molecule has 1 unspecified atom stereocenters. The SMILES string of the molecule is O=C(NC1CN2CCC1CC2)c1ccc(Oc2cnc(Cl)o2)cc1. The van der Waals surface area contributed by atoms with Gasteiger partial charge in [-0.1, -0.05) is 0 Å². The quantitative estimate of drug-likeness (QED) is 0.921. The van der Waals surface area contributed by atoms with Crippen LogP contribution in [0.2, 0.25) is 5.35 Å². The van der Waals surface area contributed by atoms with Crippen molar-refractivity contribution < 1.29 is 13.9 Å². The van der Waals surface area contributed by atoms with E-state index in [-0.39, 0.29) is 23.2 Å². The van der Waals surface area contributed by atoms with E-state index in [1.165, 1.54) is 19.0 Å². The number of aromatic nitrogens is 1. The van der Waals surface area contributed by atoms with E-state index in [0.29, 0.717) is 17.2 Å². The third-order valence-electron chi connectivity index (χ3n) is 4.76. The fourth-order valence-corrected chi connectivity index (χ4v) is 3.58. The van der Waals surface area contributed by atoms with Crippen molar-refractivity contribution in [1.82, 2.24) is 15.2 Å². The standard InChI is InChI=1S/C17H18ClN3O3/c18-17-19-9-15(24-17)23-13-3-1-12(2-4-13)16(22)20-14-10-21-7-5-11(14)6-8-21/h1-4,9,11,14H,5-8,10H2,(H,20,22). The van der Waals surface area contributed by atoms with Crippen LogP contribution in [0.5, 0.6) is 11.7 Å². The van der Waals surface area contributed by atoms with Crippen molar-refractivity contribution in [3.05, 3.63) is 41.4 Å². The van der Waals surface area contributed by atoms with Gasteiger partial charge >= 0.3 is 5.95 Å². The highest BCUT2D eigenvalue weighted by atomic mass is 35.5. The van der Waals surface area contributed by atoms with Crippen LogP contribution in [0.1, 0.15) is 23.2 Å². The molecule has 1 atom stereocenters. The van der Waals surface area contributed by atoms with Gasteiger partial charge in [-0.05, 0) is 67.7 Å². The van der Waals surface area contributed by atoms with Gasteiger partial charge in [-0.2, -0.15) is 0 Å². The summed E-state index contributed by atoms with van der Waals surface area (Å²) in [5, 5.41) is 3.20. The molecule has 7 heteroatoms. The predicted octanol–water partition coefficient (Wildman–Crippen LogP) is 2.94. The number of nitrogens with zero attached hydrogens (tertiary/aromatic N) is 2. The summed E-state index contributed by atoms with van der Waals surface area (Å²) < 4.78 is 10.5. The molecular formula is C17H18ClN3O3. The summed E-state index contributed by atoms with van der Waals surface area (Å²) in [5.41, 5.74) is 0.620. The van der Waals surface area contributed by atoms with Gasteiger partial charge in [-0.25, -0.2) is 4.98 Å². The fraction of sp³-hybridized carbons (Fsp3) is 0.412. The first-order valence-corrected chi connectivity index (χ1v) is 8.47. The van der Waals surface area contributed by atoms with Gasteiger partial charge in [-0.15, -0.1) is 0 Å². The zero-order valence-corrected chi connectivity index (χ0v) is 13.8. The Bertz CT molecular complexity index is 723. The second-order valence-corrected chi connectivity index (χ2v) is 6.60. The summed E-state index contributed by atoms with van der Waals surface area (Å²) in [6.07, 6.45) is 3.76. The number of benzene rings is 1. The summed E-state index contributed by atoms with van der Waals surface area (Å²) in [5.74, 6) is 1.34. The number of hydrogen-bond acceptors (Lipinski definition) is 5. The maximum absolute atomic E-state index is 12.4. The number of oxazole rings is 1. The molecule has 24 heavy (non-hydrogen) atoms. The van der Waals surface area contributed by atoms with Crippen molar-refractivity contribution in [3.63, 3.8) is 0 Å². The first-order valence-electron chi connectivity index (χ1n) is 8.10. The normalized spacial score (nSPS) is 25.5. The Kier molecular flexibility index (Phi) is 4.16. The molecule has 3 aliphatic rings. The molecule has 1 aromatic carbocycles. The number of hydrogen-bond donors (Lipinski definition) is 1. The average molecular weight is 348 g/mol. The summed E-state index contributed by atoms with van der Waals surface area (Å²) in [4.78, 5) is 18.6. The third-order valence-corrected chi connectivity index (χ3v) is 4.94. The van der Waals surface area contributed by atoms with E-state index in [4.69, 9.17) is 20.8 Å². The van der Waals surface area contributed by atoms with E-state index in [0.717, 1.165) is 19.6 Å². The van der Waals surface area contributed by atoms with E-state index >= 15 is 0 Å². The number of carbonyl (C=O) groups excluding carboxylic acids is 1. The Morgan fingerprint density at radius 1 is 1.29 bits per heavy atom. The molecule has 3 aliphatic heterocycles. The number of fused-ring (bicyclic) bond motifs is 3. The van der Waals surface area contributed by atoms with Crippen molar-refractivity contribution in [3.8, 4) is 11.7 Å². The lowest BCUT2D eigenvalue weighted by atomic mass is 9.84.